The lowest BCUT2D eigenvalue weighted by atomic mass is 10.2. The third kappa shape index (κ3) is 3.03. The molecule has 1 aromatic carbocycles. The summed E-state index contributed by atoms with van der Waals surface area (Å²) in [5, 5.41) is 1.24. The highest BCUT2D eigenvalue weighted by molar-refractivity contribution is 6.49. The van der Waals surface area contributed by atoms with Crippen molar-refractivity contribution >= 4 is 20.9 Å². The fraction of sp³-hybridized carbons (Fsp3) is 0.300. The van der Waals surface area contributed by atoms with E-state index in [1.165, 1.54) is 17.7 Å². The summed E-state index contributed by atoms with van der Waals surface area (Å²) in [6, 6.07) is 8.15. The average Bonchev–Trinajstić information content (AvgIpc) is 2.15. The molecule has 0 amide bonds. The van der Waals surface area contributed by atoms with Crippen LogP contribution in [0.1, 0.15) is 19.4 Å². The average molecular weight is 194 g/mol. The molecule has 0 atom stereocenters. The van der Waals surface area contributed by atoms with Gasteiger partial charge in [0, 0.05) is 6.92 Å². The molecule has 0 radical (unpaired) electrons. The number of rotatable bonds is 3. The summed E-state index contributed by atoms with van der Waals surface area (Å²) in [5.74, 6) is -0.169. The minimum absolute atomic E-state index is 0.169. The topological polar surface area (TPSA) is 26.3 Å². The van der Waals surface area contributed by atoms with Gasteiger partial charge in [0.1, 0.15) is 0 Å². The third-order valence-electron chi connectivity index (χ3n) is 1.93. The number of aryl methyl sites for hydroxylation is 1. The van der Waals surface area contributed by atoms with Crippen LogP contribution in [0.2, 0.25) is 0 Å². The van der Waals surface area contributed by atoms with E-state index in [-0.39, 0.29) is 5.97 Å². The standard InChI is InChI=1S/C10H14O2Si/c1-3-9-6-4-5-7-10(9)13-12-8(2)11/h4-7H,3,13H2,1-2H3. The summed E-state index contributed by atoms with van der Waals surface area (Å²) in [4.78, 5) is 10.6. The van der Waals surface area contributed by atoms with Crippen molar-refractivity contribution in [3.63, 3.8) is 0 Å². The Morgan fingerprint density at radius 3 is 2.77 bits per heavy atom. The number of hydrogen-bond acceptors (Lipinski definition) is 2. The van der Waals surface area contributed by atoms with Crippen LogP contribution < -0.4 is 5.19 Å². The predicted octanol–water partition coefficient (Wildman–Crippen LogP) is 0.521. The Balaban J connectivity index is 2.69. The highest BCUT2D eigenvalue weighted by atomic mass is 28.2. The van der Waals surface area contributed by atoms with Crippen LogP contribution in [0.3, 0.4) is 0 Å². The van der Waals surface area contributed by atoms with E-state index in [0.717, 1.165) is 6.42 Å². The van der Waals surface area contributed by atoms with Crippen molar-refractivity contribution in [2.24, 2.45) is 0 Å². The SMILES string of the molecule is CCc1ccccc1[SiH2]OC(C)=O. The van der Waals surface area contributed by atoms with Crippen molar-refractivity contribution in [3.05, 3.63) is 29.8 Å². The van der Waals surface area contributed by atoms with Crippen molar-refractivity contribution < 1.29 is 9.22 Å². The third-order valence-corrected chi connectivity index (χ3v) is 3.48. The number of carbonyl (C=O) groups excluding carboxylic acids is 1. The van der Waals surface area contributed by atoms with Gasteiger partial charge in [-0.1, -0.05) is 31.2 Å². The fourth-order valence-electron chi connectivity index (χ4n) is 1.22. The van der Waals surface area contributed by atoms with Crippen LogP contribution in [-0.2, 0) is 15.6 Å². The lowest BCUT2D eigenvalue weighted by molar-refractivity contribution is -0.131. The highest BCUT2D eigenvalue weighted by Crippen LogP contribution is 1.96. The van der Waals surface area contributed by atoms with Crippen LogP contribution in [0, 0.1) is 0 Å². The van der Waals surface area contributed by atoms with Crippen molar-refractivity contribution in [1.29, 1.82) is 0 Å². The smallest absolute Gasteiger partial charge is 0.289 e. The van der Waals surface area contributed by atoms with Crippen LogP contribution in [0.15, 0.2) is 24.3 Å². The molecule has 0 aliphatic rings. The largest absolute Gasteiger partial charge is 0.521 e. The molecule has 0 saturated carbocycles. The van der Waals surface area contributed by atoms with E-state index in [2.05, 4.69) is 13.0 Å². The second-order valence-corrected chi connectivity index (χ2v) is 4.24. The first-order valence-electron chi connectivity index (χ1n) is 4.44. The fourth-order valence-corrected chi connectivity index (χ4v) is 2.37. The molecule has 0 unspecified atom stereocenters. The van der Waals surface area contributed by atoms with E-state index in [4.69, 9.17) is 4.43 Å². The van der Waals surface area contributed by atoms with Gasteiger partial charge in [0.25, 0.3) is 15.7 Å². The van der Waals surface area contributed by atoms with E-state index in [1.54, 1.807) is 0 Å². The summed E-state index contributed by atoms with van der Waals surface area (Å²) in [6.45, 7) is 3.57. The second kappa shape index (κ2) is 4.82. The maximum absolute atomic E-state index is 10.6. The molecule has 0 aliphatic carbocycles. The van der Waals surface area contributed by atoms with Gasteiger partial charge >= 0.3 is 0 Å². The molecule has 0 saturated heterocycles. The first-order chi connectivity index (χ1) is 6.24. The van der Waals surface area contributed by atoms with E-state index < -0.39 is 9.76 Å². The second-order valence-electron chi connectivity index (χ2n) is 2.90. The molecule has 0 N–H and O–H groups in total. The Morgan fingerprint density at radius 2 is 2.15 bits per heavy atom. The van der Waals surface area contributed by atoms with Gasteiger partial charge in [-0.05, 0) is 17.2 Å². The Bertz CT molecular complexity index is 297. The molecule has 2 nitrogen and oxygen atoms in total. The quantitative estimate of drug-likeness (QED) is 0.656. The first-order valence-corrected chi connectivity index (χ1v) is 5.72. The Kier molecular flexibility index (Phi) is 3.70. The Labute approximate surface area is 80.9 Å². The minimum atomic E-state index is -0.848. The maximum Gasteiger partial charge on any atom is 0.289 e. The normalized spacial score (nSPS) is 10.6. The molecule has 0 aromatic heterocycles. The molecule has 70 valence electrons. The maximum atomic E-state index is 10.6. The van der Waals surface area contributed by atoms with Crippen LogP contribution >= 0.6 is 0 Å². The molecule has 0 aliphatic heterocycles. The molecule has 0 bridgehead atoms. The molecular formula is C10H14O2Si. The zero-order chi connectivity index (χ0) is 9.68. The van der Waals surface area contributed by atoms with Crippen LogP contribution in [-0.4, -0.2) is 15.7 Å². The van der Waals surface area contributed by atoms with E-state index in [0.29, 0.717) is 0 Å². The number of hydrogen-bond donors (Lipinski definition) is 0. The summed E-state index contributed by atoms with van der Waals surface area (Å²) in [7, 11) is -0.848. The van der Waals surface area contributed by atoms with E-state index in [9.17, 15) is 4.79 Å². The Morgan fingerprint density at radius 1 is 1.46 bits per heavy atom. The van der Waals surface area contributed by atoms with Crippen LogP contribution in [0.4, 0.5) is 0 Å². The zero-order valence-electron chi connectivity index (χ0n) is 8.04. The summed E-state index contributed by atoms with van der Waals surface area (Å²) in [5.41, 5.74) is 1.30. The van der Waals surface area contributed by atoms with Gasteiger partial charge in [-0.15, -0.1) is 0 Å². The van der Waals surface area contributed by atoms with Gasteiger partial charge in [0.2, 0.25) is 0 Å². The van der Waals surface area contributed by atoms with Gasteiger partial charge in [-0.2, -0.15) is 0 Å². The molecular weight excluding hydrogens is 180 g/mol. The molecule has 1 aromatic rings. The Hall–Kier alpha value is -1.09. The lowest BCUT2D eigenvalue weighted by Gasteiger charge is -2.06. The van der Waals surface area contributed by atoms with Crippen LogP contribution in [0.5, 0.6) is 0 Å². The molecule has 1 rings (SSSR count). The molecule has 3 heteroatoms. The van der Waals surface area contributed by atoms with E-state index in [1.807, 2.05) is 18.2 Å². The van der Waals surface area contributed by atoms with Gasteiger partial charge < -0.3 is 4.43 Å². The van der Waals surface area contributed by atoms with Gasteiger partial charge in [0.15, 0.2) is 0 Å². The monoisotopic (exact) mass is 194 g/mol. The first kappa shape index (κ1) is 9.99. The summed E-state index contributed by atoms with van der Waals surface area (Å²) in [6.07, 6.45) is 1.00. The molecule has 0 spiro atoms. The lowest BCUT2D eigenvalue weighted by Crippen LogP contribution is -2.23. The molecule has 0 fully saturated rings. The van der Waals surface area contributed by atoms with Gasteiger partial charge in [-0.3, -0.25) is 4.79 Å². The number of benzene rings is 1. The minimum Gasteiger partial charge on any atom is -0.521 e. The van der Waals surface area contributed by atoms with Crippen molar-refractivity contribution in [3.8, 4) is 0 Å². The predicted molar refractivity (Wildman–Crippen MR) is 55.8 cm³/mol. The van der Waals surface area contributed by atoms with Crippen molar-refractivity contribution in [2.45, 2.75) is 20.3 Å². The van der Waals surface area contributed by atoms with Crippen LogP contribution in [0.25, 0.3) is 0 Å². The highest BCUT2D eigenvalue weighted by Gasteiger charge is 2.01. The molecule has 0 heterocycles. The van der Waals surface area contributed by atoms with Gasteiger partial charge in [-0.25, -0.2) is 0 Å². The molecule has 13 heavy (non-hydrogen) atoms. The summed E-state index contributed by atoms with van der Waals surface area (Å²) < 4.78 is 5.07. The number of carbonyl (C=O) groups is 1. The van der Waals surface area contributed by atoms with Gasteiger partial charge in [0.05, 0.1) is 0 Å². The summed E-state index contributed by atoms with van der Waals surface area (Å²) >= 11 is 0. The van der Waals surface area contributed by atoms with E-state index >= 15 is 0 Å². The van der Waals surface area contributed by atoms with Crippen molar-refractivity contribution in [2.75, 3.05) is 0 Å². The van der Waals surface area contributed by atoms with Crippen molar-refractivity contribution in [1.82, 2.24) is 0 Å². The zero-order valence-corrected chi connectivity index (χ0v) is 9.45.